The first-order valence-corrected chi connectivity index (χ1v) is 8.30. The van der Waals surface area contributed by atoms with E-state index in [0.717, 1.165) is 44.8 Å². The molecule has 2 aliphatic heterocycles. The zero-order valence-corrected chi connectivity index (χ0v) is 13.9. The van der Waals surface area contributed by atoms with Gasteiger partial charge in [0.25, 0.3) is 0 Å². The van der Waals surface area contributed by atoms with Gasteiger partial charge in [-0.05, 0) is 72.8 Å². The van der Waals surface area contributed by atoms with Gasteiger partial charge in [-0.2, -0.15) is 0 Å². The SMILES string of the molecule is Cln1c2ccc1cc1nc(cc3ccc(cc4nc(c2)C=C4)[nH]3)C=C1. The smallest absolute Gasteiger partial charge is 0.0658 e. The molecule has 5 heterocycles. The van der Waals surface area contributed by atoms with Gasteiger partial charge in [0.15, 0.2) is 0 Å². The van der Waals surface area contributed by atoms with Crippen LogP contribution in [0.4, 0.5) is 0 Å². The van der Waals surface area contributed by atoms with Crippen molar-refractivity contribution in [1.29, 1.82) is 0 Å². The van der Waals surface area contributed by atoms with Gasteiger partial charge in [-0.25, -0.2) is 9.97 Å². The fraction of sp³-hybridized carbons (Fsp3) is 0. The van der Waals surface area contributed by atoms with Crippen LogP contribution in [0.3, 0.4) is 0 Å². The van der Waals surface area contributed by atoms with Crippen molar-refractivity contribution in [3.63, 3.8) is 0 Å². The Morgan fingerprint density at radius 1 is 0.640 bits per heavy atom. The Bertz CT molecular complexity index is 1120. The van der Waals surface area contributed by atoms with Crippen molar-refractivity contribution in [1.82, 2.24) is 19.0 Å². The van der Waals surface area contributed by atoms with Crippen molar-refractivity contribution in [3.8, 4) is 0 Å². The fourth-order valence-electron chi connectivity index (χ4n) is 2.99. The third-order valence-corrected chi connectivity index (χ3v) is 4.56. The summed E-state index contributed by atoms with van der Waals surface area (Å²) in [5, 5.41) is 0. The van der Waals surface area contributed by atoms with Gasteiger partial charge in [-0.15, -0.1) is 0 Å². The molecule has 8 bridgehead atoms. The van der Waals surface area contributed by atoms with Crippen LogP contribution in [0.5, 0.6) is 0 Å². The minimum absolute atomic E-state index is 0.872. The van der Waals surface area contributed by atoms with Crippen molar-refractivity contribution < 1.29 is 0 Å². The molecule has 0 amide bonds. The van der Waals surface area contributed by atoms with Crippen LogP contribution in [-0.4, -0.2) is 19.0 Å². The quantitative estimate of drug-likeness (QED) is 0.423. The summed E-state index contributed by atoms with van der Waals surface area (Å²) in [7, 11) is 0. The fourth-order valence-corrected chi connectivity index (χ4v) is 3.20. The molecule has 4 nitrogen and oxygen atoms in total. The van der Waals surface area contributed by atoms with Gasteiger partial charge >= 0.3 is 0 Å². The molecular formula is C20H13ClN4. The first-order valence-electron chi connectivity index (χ1n) is 7.96. The summed E-state index contributed by atoms with van der Waals surface area (Å²) in [4.78, 5) is 12.6. The number of nitrogens with one attached hydrogen (secondary N) is 1. The third kappa shape index (κ3) is 2.66. The zero-order chi connectivity index (χ0) is 16.8. The van der Waals surface area contributed by atoms with Crippen LogP contribution in [0.25, 0.3) is 46.4 Å². The number of rotatable bonds is 0. The number of aromatic amines is 1. The summed E-state index contributed by atoms with van der Waals surface area (Å²) < 4.78 is 1.62. The van der Waals surface area contributed by atoms with Gasteiger partial charge in [-0.1, -0.05) is 0 Å². The van der Waals surface area contributed by atoms with Crippen LogP contribution in [0.2, 0.25) is 0 Å². The maximum Gasteiger partial charge on any atom is 0.0658 e. The van der Waals surface area contributed by atoms with E-state index in [1.165, 1.54) is 0 Å². The van der Waals surface area contributed by atoms with E-state index in [0.29, 0.717) is 0 Å². The molecule has 0 spiro atoms. The molecular weight excluding hydrogens is 332 g/mol. The van der Waals surface area contributed by atoms with Crippen molar-refractivity contribution in [2.45, 2.75) is 0 Å². The molecule has 5 heteroatoms. The Morgan fingerprint density at radius 3 is 1.56 bits per heavy atom. The lowest BCUT2D eigenvalue weighted by atomic mass is 10.3. The predicted molar refractivity (Wildman–Crippen MR) is 104 cm³/mol. The molecule has 120 valence electrons. The number of halogens is 1. The standard InChI is InChI=1S/C20H13ClN4/c21-25-19-7-8-20(25)12-18-6-4-16(24-18)10-14-2-1-13(22-14)9-15-3-5-17(11-19)23-15/h1-12,22H. The lowest BCUT2D eigenvalue weighted by Crippen LogP contribution is -1.80. The number of H-pyrrole nitrogens is 1. The Kier molecular flexibility index (Phi) is 3.11. The summed E-state index contributed by atoms with van der Waals surface area (Å²) in [5.41, 5.74) is 7.32. The molecule has 0 atom stereocenters. The summed E-state index contributed by atoms with van der Waals surface area (Å²) in [6.45, 7) is 0. The van der Waals surface area contributed by atoms with E-state index in [4.69, 9.17) is 11.8 Å². The van der Waals surface area contributed by atoms with E-state index in [9.17, 15) is 0 Å². The van der Waals surface area contributed by atoms with E-state index < -0.39 is 0 Å². The highest BCUT2D eigenvalue weighted by Crippen LogP contribution is 2.19. The second kappa shape index (κ2) is 5.46. The van der Waals surface area contributed by atoms with Crippen molar-refractivity contribution in [2.24, 2.45) is 0 Å². The molecule has 0 unspecified atom stereocenters. The zero-order valence-electron chi connectivity index (χ0n) is 13.1. The minimum Gasteiger partial charge on any atom is -0.355 e. The Balaban J connectivity index is 1.88. The van der Waals surface area contributed by atoms with Crippen LogP contribution < -0.4 is 0 Å². The van der Waals surface area contributed by atoms with Gasteiger partial charge in [0.2, 0.25) is 0 Å². The third-order valence-electron chi connectivity index (χ3n) is 4.17. The molecule has 3 aromatic rings. The average Bonchev–Trinajstić information content (AvgIpc) is 3.36. The molecule has 0 saturated heterocycles. The number of fused-ring (bicyclic) bond motifs is 8. The van der Waals surface area contributed by atoms with Gasteiger partial charge in [0.1, 0.15) is 0 Å². The first kappa shape index (κ1) is 14.3. The summed E-state index contributed by atoms with van der Waals surface area (Å²) >= 11 is 6.46. The molecule has 5 rings (SSSR count). The van der Waals surface area contributed by atoms with Gasteiger partial charge < -0.3 is 4.98 Å². The van der Waals surface area contributed by atoms with E-state index >= 15 is 0 Å². The van der Waals surface area contributed by atoms with Crippen molar-refractivity contribution >= 4 is 58.1 Å². The highest BCUT2D eigenvalue weighted by atomic mass is 35.5. The number of aromatic nitrogens is 4. The number of hydrogen-bond donors (Lipinski definition) is 1. The summed E-state index contributed by atoms with van der Waals surface area (Å²) in [6.07, 6.45) is 7.95. The molecule has 0 fully saturated rings. The van der Waals surface area contributed by atoms with E-state index in [-0.39, 0.29) is 0 Å². The van der Waals surface area contributed by atoms with E-state index in [2.05, 4.69) is 15.0 Å². The highest BCUT2D eigenvalue weighted by molar-refractivity contribution is 6.20. The molecule has 0 saturated carbocycles. The Labute approximate surface area is 148 Å². The monoisotopic (exact) mass is 344 g/mol. The topological polar surface area (TPSA) is 46.5 Å². The van der Waals surface area contributed by atoms with Gasteiger partial charge in [0.05, 0.1) is 33.8 Å². The number of hydrogen-bond acceptors (Lipinski definition) is 2. The molecule has 1 N–H and O–H groups in total. The lowest BCUT2D eigenvalue weighted by Gasteiger charge is -1.92. The van der Waals surface area contributed by atoms with Crippen molar-refractivity contribution in [2.75, 3.05) is 0 Å². The normalized spacial score (nSPS) is 12.7. The van der Waals surface area contributed by atoms with Crippen LogP contribution >= 0.6 is 11.8 Å². The molecule has 2 aliphatic rings. The average molecular weight is 345 g/mol. The Hall–Kier alpha value is -3.11. The van der Waals surface area contributed by atoms with Crippen LogP contribution in [0, 0.1) is 0 Å². The second-order valence-electron chi connectivity index (χ2n) is 6.00. The second-order valence-corrected chi connectivity index (χ2v) is 6.34. The summed E-state index contributed by atoms with van der Waals surface area (Å²) in [5.74, 6) is 0. The molecule has 0 aliphatic carbocycles. The predicted octanol–water partition coefficient (Wildman–Crippen LogP) is 5.13. The van der Waals surface area contributed by atoms with Gasteiger partial charge in [0, 0.05) is 22.8 Å². The highest BCUT2D eigenvalue weighted by Gasteiger charge is 2.03. The first-order chi connectivity index (χ1) is 12.2. The van der Waals surface area contributed by atoms with Gasteiger partial charge in [-0.3, -0.25) is 4.09 Å². The van der Waals surface area contributed by atoms with Crippen LogP contribution in [-0.2, 0) is 0 Å². The molecule has 0 radical (unpaired) electrons. The van der Waals surface area contributed by atoms with Crippen LogP contribution in [0.1, 0.15) is 22.8 Å². The van der Waals surface area contributed by atoms with E-state index in [1.54, 1.807) is 4.09 Å². The molecule has 3 aromatic heterocycles. The number of nitrogens with zero attached hydrogens (tertiary/aromatic N) is 3. The maximum atomic E-state index is 6.46. The van der Waals surface area contributed by atoms with Crippen LogP contribution in [0.15, 0.2) is 48.5 Å². The maximum absolute atomic E-state index is 6.46. The summed E-state index contributed by atoms with van der Waals surface area (Å²) in [6, 6.07) is 16.0. The molecule has 0 aromatic carbocycles. The molecule has 25 heavy (non-hydrogen) atoms. The van der Waals surface area contributed by atoms with E-state index in [1.807, 2.05) is 72.8 Å². The largest absolute Gasteiger partial charge is 0.355 e. The lowest BCUT2D eigenvalue weighted by molar-refractivity contribution is 1.30. The Morgan fingerprint density at radius 2 is 1.08 bits per heavy atom. The van der Waals surface area contributed by atoms with Crippen molar-refractivity contribution in [3.05, 3.63) is 71.3 Å². The minimum atomic E-state index is 0.872.